The van der Waals surface area contributed by atoms with Gasteiger partial charge in [-0.2, -0.15) is 0 Å². The zero-order valence-electron chi connectivity index (χ0n) is 14.6. The minimum absolute atomic E-state index is 0.0353. The van der Waals surface area contributed by atoms with Crippen LogP contribution in [0, 0.1) is 0 Å². The van der Waals surface area contributed by atoms with Gasteiger partial charge in [-0.1, -0.05) is 33.1 Å². The summed E-state index contributed by atoms with van der Waals surface area (Å²) in [5.41, 5.74) is 12.3. The molecule has 0 amide bonds. The van der Waals surface area contributed by atoms with Crippen molar-refractivity contribution in [2.75, 3.05) is 32.7 Å². The van der Waals surface area contributed by atoms with E-state index in [1.807, 2.05) is 0 Å². The van der Waals surface area contributed by atoms with Gasteiger partial charge in [-0.15, -0.1) is 0 Å². The molecule has 0 radical (unpaired) electrons. The fourth-order valence-electron chi connectivity index (χ4n) is 2.83. The van der Waals surface area contributed by atoms with Gasteiger partial charge >= 0.3 is 0 Å². The Morgan fingerprint density at radius 1 is 0.714 bits per heavy atom. The average molecular weight is 301 g/mol. The van der Waals surface area contributed by atoms with E-state index in [0.717, 1.165) is 58.4 Å². The molecule has 0 saturated heterocycles. The molecule has 0 fully saturated rings. The van der Waals surface area contributed by atoms with E-state index in [1.54, 1.807) is 0 Å². The van der Waals surface area contributed by atoms with Gasteiger partial charge in [0.05, 0.1) is 0 Å². The third-order valence-electron chi connectivity index (χ3n) is 4.19. The zero-order chi connectivity index (χ0) is 15.8. The Labute approximate surface area is 132 Å². The Morgan fingerprint density at radius 2 is 1.19 bits per heavy atom. The normalized spacial score (nSPS) is 12.0. The van der Waals surface area contributed by atoms with Gasteiger partial charge in [-0.05, 0) is 71.2 Å². The Hall–Kier alpha value is -0.160. The number of rotatable bonds is 16. The van der Waals surface area contributed by atoms with E-state index < -0.39 is 0 Å². The minimum Gasteiger partial charge on any atom is -0.330 e. The lowest BCUT2D eigenvalue weighted by Gasteiger charge is -2.30. The number of nitrogens with two attached hydrogens (primary N) is 2. The van der Waals surface area contributed by atoms with Crippen molar-refractivity contribution < 1.29 is 0 Å². The van der Waals surface area contributed by atoms with Crippen molar-refractivity contribution in [1.82, 2.24) is 10.6 Å². The first-order chi connectivity index (χ1) is 10.2. The van der Waals surface area contributed by atoms with Gasteiger partial charge in [0.25, 0.3) is 0 Å². The van der Waals surface area contributed by atoms with Gasteiger partial charge in [0.1, 0.15) is 0 Å². The second-order valence-electron chi connectivity index (χ2n) is 6.23. The van der Waals surface area contributed by atoms with Crippen LogP contribution in [0.3, 0.4) is 0 Å². The van der Waals surface area contributed by atoms with Gasteiger partial charge in [-0.25, -0.2) is 0 Å². The molecule has 0 aromatic heterocycles. The van der Waals surface area contributed by atoms with Crippen LogP contribution in [0.1, 0.15) is 71.6 Å². The number of hydrogen-bond donors (Lipinski definition) is 4. The van der Waals surface area contributed by atoms with Crippen LogP contribution in [0.25, 0.3) is 0 Å². The van der Waals surface area contributed by atoms with Crippen LogP contribution in [0.15, 0.2) is 0 Å². The highest BCUT2D eigenvalue weighted by molar-refractivity contribution is 4.84. The minimum atomic E-state index is 0.0353. The fraction of sp³-hybridized carbons (Fsp3) is 1.00. The molecule has 0 unspecified atom stereocenters. The average Bonchev–Trinajstić information content (AvgIpc) is 2.48. The van der Waals surface area contributed by atoms with Crippen LogP contribution in [0.5, 0.6) is 0 Å². The third kappa shape index (κ3) is 13.2. The van der Waals surface area contributed by atoms with Gasteiger partial charge in [-0.3, -0.25) is 0 Å². The van der Waals surface area contributed by atoms with Crippen molar-refractivity contribution in [1.29, 1.82) is 0 Å². The molecule has 0 atom stereocenters. The van der Waals surface area contributed by atoms with Crippen molar-refractivity contribution in [2.45, 2.75) is 77.2 Å². The largest absolute Gasteiger partial charge is 0.330 e. The van der Waals surface area contributed by atoms with Gasteiger partial charge in [0, 0.05) is 5.54 Å². The summed E-state index contributed by atoms with van der Waals surface area (Å²) >= 11 is 0. The summed E-state index contributed by atoms with van der Waals surface area (Å²) in [4.78, 5) is 0. The first-order valence-electron chi connectivity index (χ1n) is 9.09. The van der Waals surface area contributed by atoms with E-state index >= 15 is 0 Å². The standard InChI is InChI=1S/C17H40N4/c1-3-20-15-9-12-17(19,13-10-16-21-4-2)11-7-5-6-8-14-18/h20-21H,3-16,18-19H2,1-2H3. The number of hydrogen-bond acceptors (Lipinski definition) is 4. The maximum absolute atomic E-state index is 6.70. The van der Waals surface area contributed by atoms with E-state index in [2.05, 4.69) is 24.5 Å². The zero-order valence-corrected chi connectivity index (χ0v) is 14.6. The molecule has 0 saturated carbocycles. The summed E-state index contributed by atoms with van der Waals surface area (Å²) in [6.45, 7) is 9.42. The van der Waals surface area contributed by atoms with Crippen molar-refractivity contribution in [3.05, 3.63) is 0 Å². The second kappa shape index (κ2) is 14.8. The monoisotopic (exact) mass is 300 g/mol. The van der Waals surface area contributed by atoms with Crippen LogP contribution in [-0.2, 0) is 0 Å². The van der Waals surface area contributed by atoms with Crippen molar-refractivity contribution in [3.63, 3.8) is 0 Å². The van der Waals surface area contributed by atoms with Crippen LogP contribution < -0.4 is 22.1 Å². The maximum atomic E-state index is 6.70. The van der Waals surface area contributed by atoms with Gasteiger partial charge in [0.15, 0.2) is 0 Å². The SMILES string of the molecule is CCNCCCC(N)(CCCCCCN)CCCNCC. The van der Waals surface area contributed by atoms with E-state index in [9.17, 15) is 0 Å². The molecule has 0 aliphatic carbocycles. The summed E-state index contributed by atoms with van der Waals surface area (Å²) in [6, 6.07) is 0. The molecule has 0 bridgehead atoms. The van der Waals surface area contributed by atoms with Crippen LogP contribution in [0.2, 0.25) is 0 Å². The third-order valence-corrected chi connectivity index (χ3v) is 4.19. The lowest BCUT2D eigenvalue weighted by atomic mass is 9.84. The lowest BCUT2D eigenvalue weighted by Crippen LogP contribution is -2.41. The Morgan fingerprint density at radius 3 is 1.67 bits per heavy atom. The molecular weight excluding hydrogens is 260 g/mol. The van der Waals surface area contributed by atoms with Crippen molar-refractivity contribution in [3.8, 4) is 0 Å². The lowest BCUT2D eigenvalue weighted by molar-refractivity contribution is 0.308. The van der Waals surface area contributed by atoms with Gasteiger partial charge < -0.3 is 22.1 Å². The summed E-state index contributed by atoms with van der Waals surface area (Å²) in [5, 5.41) is 6.80. The first-order valence-corrected chi connectivity index (χ1v) is 9.09. The highest BCUT2D eigenvalue weighted by Crippen LogP contribution is 2.23. The predicted molar refractivity (Wildman–Crippen MR) is 94.6 cm³/mol. The summed E-state index contributed by atoms with van der Waals surface area (Å²) in [7, 11) is 0. The maximum Gasteiger partial charge on any atom is 0.0155 e. The van der Waals surface area contributed by atoms with Gasteiger partial charge in [0.2, 0.25) is 0 Å². The molecule has 0 aromatic carbocycles. The molecule has 0 rings (SSSR count). The highest BCUT2D eigenvalue weighted by atomic mass is 14.8. The molecule has 0 heterocycles. The topological polar surface area (TPSA) is 76.1 Å². The first kappa shape index (κ1) is 20.8. The second-order valence-corrected chi connectivity index (χ2v) is 6.23. The predicted octanol–water partition coefficient (Wildman–Crippen LogP) is 2.37. The Balaban J connectivity index is 3.98. The van der Waals surface area contributed by atoms with E-state index in [4.69, 9.17) is 11.5 Å². The van der Waals surface area contributed by atoms with Crippen LogP contribution >= 0.6 is 0 Å². The summed E-state index contributed by atoms with van der Waals surface area (Å²) in [6.07, 6.45) is 10.7. The van der Waals surface area contributed by atoms with E-state index in [-0.39, 0.29) is 5.54 Å². The highest BCUT2D eigenvalue weighted by Gasteiger charge is 2.23. The Bertz CT molecular complexity index is 197. The summed E-state index contributed by atoms with van der Waals surface area (Å²) in [5.74, 6) is 0. The van der Waals surface area contributed by atoms with Crippen LogP contribution in [0.4, 0.5) is 0 Å². The molecule has 4 heteroatoms. The van der Waals surface area contributed by atoms with Crippen LogP contribution in [-0.4, -0.2) is 38.3 Å². The van der Waals surface area contributed by atoms with E-state index in [0.29, 0.717) is 0 Å². The molecule has 6 N–H and O–H groups in total. The molecule has 0 aliphatic heterocycles. The molecule has 0 aromatic rings. The molecule has 21 heavy (non-hydrogen) atoms. The Kier molecular flexibility index (Phi) is 14.7. The van der Waals surface area contributed by atoms with Crippen molar-refractivity contribution >= 4 is 0 Å². The number of unbranched alkanes of at least 4 members (excludes halogenated alkanes) is 3. The summed E-state index contributed by atoms with van der Waals surface area (Å²) < 4.78 is 0. The molecule has 4 nitrogen and oxygen atoms in total. The van der Waals surface area contributed by atoms with E-state index in [1.165, 1.54) is 32.1 Å². The smallest absolute Gasteiger partial charge is 0.0155 e. The van der Waals surface area contributed by atoms with Crippen molar-refractivity contribution in [2.24, 2.45) is 11.5 Å². The fourth-order valence-corrected chi connectivity index (χ4v) is 2.83. The molecule has 0 spiro atoms. The quantitative estimate of drug-likeness (QED) is 0.330. The number of nitrogens with one attached hydrogen (secondary N) is 2. The molecular formula is C17H40N4. The molecule has 0 aliphatic rings. The molecule has 128 valence electrons.